The molecule has 0 aliphatic carbocycles. The van der Waals surface area contributed by atoms with Crippen molar-refractivity contribution in [2.75, 3.05) is 26.2 Å². The topological polar surface area (TPSA) is 18.5 Å². The summed E-state index contributed by atoms with van der Waals surface area (Å²) >= 11 is 0. The molecule has 0 bridgehead atoms. The van der Waals surface area contributed by atoms with E-state index in [1.807, 2.05) is 0 Å². The number of rotatable bonds is 2. The first kappa shape index (κ1) is 12.3. The fourth-order valence-electron chi connectivity index (χ4n) is 3.20. The first-order chi connectivity index (χ1) is 7.56. The van der Waals surface area contributed by atoms with Crippen LogP contribution in [0.3, 0.4) is 0 Å². The quantitative estimate of drug-likeness (QED) is 0.760. The Morgan fingerprint density at radius 1 is 1.06 bits per heavy atom. The van der Waals surface area contributed by atoms with E-state index in [2.05, 4.69) is 42.8 Å². The van der Waals surface area contributed by atoms with Gasteiger partial charge in [0.15, 0.2) is 0 Å². The third-order valence-corrected chi connectivity index (χ3v) is 4.03. The monoisotopic (exact) mass is 225 g/mol. The van der Waals surface area contributed by atoms with Crippen LogP contribution in [0, 0.1) is 0 Å². The predicted molar refractivity (Wildman–Crippen MR) is 68.7 cm³/mol. The van der Waals surface area contributed by atoms with Crippen molar-refractivity contribution < 1.29 is 0 Å². The highest BCUT2D eigenvalue weighted by molar-refractivity contribution is 4.90. The number of nitrogens with one attached hydrogen (secondary N) is 1. The highest BCUT2D eigenvalue weighted by Gasteiger charge is 2.32. The summed E-state index contributed by atoms with van der Waals surface area (Å²) in [4.78, 5) is 5.32. The lowest BCUT2D eigenvalue weighted by molar-refractivity contribution is 0.120. The molecule has 0 amide bonds. The summed E-state index contributed by atoms with van der Waals surface area (Å²) in [6.45, 7) is 14.2. The van der Waals surface area contributed by atoms with Crippen molar-refractivity contribution in [3.8, 4) is 0 Å². The van der Waals surface area contributed by atoms with Gasteiger partial charge < -0.3 is 5.32 Å². The van der Waals surface area contributed by atoms with Crippen LogP contribution in [0.2, 0.25) is 0 Å². The van der Waals surface area contributed by atoms with E-state index in [1.165, 1.54) is 32.6 Å². The zero-order valence-corrected chi connectivity index (χ0v) is 11.2. The second-order valence-electron chi connectivity index (χ2n) is 5.95. The van der Waals surface area contributed by atoms with Gasteiger partial charge in [0.2, 0.25) is 0 Å². The molecular weight excluding hydrogens is 198 g/mol. The molecule has 3 atom stereocenters. The Morgan fingerprint density at radius 2 is 1.69 bits per heavy atom. The highest BCUT2D eigenvalue weighted by Crippen LogP contribution is 2.20. The van der Waals surface area contributed by atoms with Crippen LogP contribution in [0.15, 0.2) is 0 Å². The summed E-state index contributed by atoms with van der Waals surface area (Å²) in [5, 5.41) is 3.61. The fraction of sp³-hybridized carbons (Fsp3) is 1.00. The maximum Gasteiger partial charge on any atom is 0.0236 e. The van der Waals surface area contributed by atoms with Gasteiger partial charge in [-0.1, -0.05) is 0 Å². The molecule has 2 rings (SSSR count). The number of hydrogen-bond acceptors (Lipinski definition) is 3. The molecule has 2 aliphatic heterocycles. The molecule has 0 aromatic rings. The number of nitrogens with zero attached hydrogens (tertiary/aromatic N) is 2. The Bertz CT molecular complexity index is 219. The summed E-state index contributed by atoms with van der Waals surface area (Å²) in [7, 11) is 0. The number of piperazine rings is 1. The van der Waals surface area contributed by atoms with Crippen molar-refractivity contribution in [2.45, 2.75) is 58.3 Å². The molecule has 3 heteroatoms. The third kappa shape index (κ3) is 2.76. The average molecular weight is 225 g/mol. The van der Waals surface area contributed by atoms with Gasteiger partial charge in [0.05, 0.1) is 0 Å². The van der Waals surface area contributed by atoms with E-state index >= 15 is 0 Å². The SMILES string of the molecule is CC(C)N1CCC(N2C[C@H](C)N[C@@H](C)C2)C1. The molecule has 2 saturated heterocycles. The highest BCUT2D eigenvalue weighted by atomic mass is 15.3. The average Bonchev–Trinajstić information content (AvgIpc) is 2.64. The minimum atomic E-state index is 0.650. The normalized spacial score (nSPS) is 38.4. The maximum atomic E-state index is 3.61. The van der Waals surface area contributed by atoms with Gasteiger partial charge in [0.1, 0.15) is 0 Å². The zero-order valence-electron chi connectivity index (χ0n) is 11.2. The Balaban J connectivity index is 1.88. The fourth-order valence-corrected chi connectivity index (χ4v) is 3.20. The third-order valence-electron chi connectivity index (χ3n) is 4.03. The van der Waals surface area contributed by atoms with Crippen molar-refractivity contribution in [3.05, 3.63) is 0 Å². The van der Waals surface area contributed by atoms with Gasteiger partial charge in [0.25, 0.3) is 0 Å². The largest absolute Gasteiger partial charge is 0.309 e. The molecule has 2 heterocycles. The van der Waals surface area contributed by atoms with E-state index in [1.54, 1.807) is 0 Å². The molecular formula is C13H27N3. The summed E-state index contributed by atoms with van der Waals surface area (Å²) < 4.78 is 0. The van der Waals surface area contributed by atoms with Crippen molar-refractivity contribution >= 4 is 0 Å². The zero-order chi connectivity index (χ0) is 11.7. The number of likely N-dealkylation sites (tertiary alicyclic amines) is 1. The molecule has 0 aromatic heterocycles. The van der Waals surface area contributed by atoms with Gasteiger partial charge in [-0.25, -0.2) is 0 Å². The Kier molecular flexibility index (Phi) is 3.88. The van der Waals surface area contributed by atoms with Crippen molar-refractivity contribution in [1.29, 1.82) is 0 Å². The Hall–Kier alpha value is -0.120. The van der Waals surface area contributed by atoms with E-state index in [9.17, 15) is 0 Å². The standard InChI is InChI=1S/C13H27N3/c1-10(2)15-6-5-13(9-15)16-7-11(3)14-12(4)8-16/h10-14H,5-9H2,1-4H3/t11-,12-,13?/m0/s1. The molecule has 1 unspecified atom stereocenters. The van der Waals surface area contributed by atoms with Crippen molar-refractivity contribution in [1.82, 2.24) is 15.1 Å². The second-order valence-corrected chi connectivity index (χ2v) is 5.95. The summed E-state index contributed by atoms with van der Waals surface area (Å²) in [6, 6.07) is 2.81. The summed E-state index contributed by atoms with van der Waals surface area (Å²) in [6.07, 6.45) is 1.36. The van der Waals surface area contributed by atoms with E-state index < -0.39 is 0 Å². The molecule has 1 N–H and O–H groups in total. The van der Waals surface area contributed by atoms with Crippen LogP contribution in [-0.4, -0.2) is 60.1 Å². The Labute approximate surface area is 100 Å². The van der Waals surface area contributed by atoms with Crippen LogP contribution >= 0.6 is 0 Å². The van der Waals surface area contributed by atoms with E-state index in [0.29, 0.717) is 18.1 Å². The van der Waals surface area contributed by atoms with E-state index in [4.69, 9.17) is 0 Å². The first-order valence-corrected chi connectivity index (χ1v) is 6.80. The molecule has 3 nitrogen and oxygen atoms in total. The van der Waals surface area contributed by atoms with Gasteiger partial charge in [-0.3, -0.25) is 9.80 Å². The van der Waals surface area contributed by atoms with Gasteiger partial charge in [-0.05, 0) is 34.1 Å². The summed E-state index contributed by atoms with van der Waals surface area (Å²) in [5.74, 6) is 0. The molecule has 2 fully saturated rings. The van der Waals surface area contributed by atoms with Crippen molar-refractivity contribution in [3.63, 3.8) is 0 Å². The second kappa shape index (κ2) is 5.03. The Morgan fingerprint density at radius 3 is 2.19 bits per heavy atom. The number of hydrogen-bond donors (Lipinski definition) is 1. The molecule has 16 heavy (non-hydrogen) atoms. The lowest BCUT2D eigenvalue weighted by Gasteiger charge is -2.39. The van der Waals surface area contributed by atoms with Crippen LogP contribution in [0.1, 0.15) is 34.1 Å². The molecule has 0 aromatic carbocycles. The van der Waals surface area contributed by atoms with Crippen LogP contribution in [-0.2, 0) is 0 Å². The van der Waals surface area contributed by atoms with Crippen LogP contribution in [0.4, 0.5) is 0 Å². The predicted octanol–water partition coefficient (Wildman–Crippen LogP) is 1.15. The molecule has 0 radical (unpaired) electrons. The minimum Gasteiger partial charge on any atom is -0.309 e. The molecule has 0 spiro atoms. The minimum absolute atomic E-state index is 0.650. The van der Waals surface area contributed by atoms with E-state index in [-0.39, 0.29) is 0 Å². The lowest BCUT2D eigenvalue weighted by Crippen LogP contribution is -2.57. The smallest absolute Gasteiger partial charge is 0.0236 e. The summed E-state index contributed by atoms with van der Waals surface area (Å²) in [5.41, 5.74) is 0. The van der Waals surface area contributed by atoms with Crippen LogP contribution in [0.5, 0.6) is 0 Å². The van der Waals surface area contributed by atoms with Gasteiger partial charge in [0, 0.05) is 50.3 Å². The van der Waals surface area contributed by atoms with Gasteiger partial charge in [-0.2, -0.15) is 0 Å². The van der Waals surface area contributed by atoms with E-state index in [0.717, 1.165) is 6.04 Å². The van der Waals surface area contributed by atoms with Gasteiger partial charge >= 0.3 is 0 Å². The maximum absolute atomic E-state index is 3.61. The van der Waals surface area contributed by atoms with Crippen LogP contribution in [0.25, 0.3) is 0 Å². The molecule has 0 saturated carbocycles. The molecule has 94 valence electrons. The van der Waals surface area contributed by atoms with Gasteiger partial charge in [-0.15, -0.1) is 0 Å². The lowest BCUT2D eigenvalue weighted by atomic mass is 10.1. The first-order valence-electron chi connectivity index (χ1n) is 6.80. The van der Waals surface area contributed by atoms with Crippen LogP contribution < -0.4 is 5.32 Å². The van der Waals surface area contributed by atoms with Crippen molar-refractivity contribution in [2.24, 2.45) is 0 Å². The molecule has 2 aliphatic rings.